The number of aromatic hydroxyl groups is 1. The second-order valence-electron chi connectivity index (χ2n) is 3.22. The van der Waals surface area contributed by atoms with Gasteiger partial charge in [-0.25, -0.2) is 8.78 Å². The summed E-state index contributed by atoms with van der Waals surface area (Å²) < 4.78 is 24.9. The number of phenolic OH excluding ortho intramolecular Hbond substituents is 1. The predicted molar refractivity (Wildman–Crippen MR) is 50.6 cm³/mol. The smallest absolute Gasteiger partial charge is 0.246 e. The summed E-state index contributed by atoms with van der Waals surface area (Å²) in [5, 5.41) is 9.34. The molecule has 0 fully saturated rings. The van der Waals surface area contributed by atoms with Crippen molar-refractivity contribution < 1.29 is 13.9 Å². The maximum Gasteiger partial charge on any atom is 0.246 e. The Balaban J connectivity index is 3.00. The molecule has 1 unspecified atom stereocenters. The van der Waals surface area contributed by atoms with Crippen molar-refractivity contribution in [1.29, 1.82) is 0 Å². The van der Waals surface area contributed by atoms with Crippen LogP contribution < -0.4 is 5.73 Å². The molecule has 1 aromatic rings. The van der Waals surface area contributed by atoms with E-state index in [0.717, 1.165) is 0 Å². The number of halogens is 2. The van der Waals surface area contributed by atoms with Crippen LogP contribution in [0.25, 0.3) is 0 Å². The monoisotopic (exact) mass is 201 g/mol. The average molecular weight is 201 g/mol. The molecule has 0 bridgehead atoms. The maximum atomic E-state index is 12.5. The molecule has 3 N–H and O–H groups in total. The van der Waals surface area contributed by atoms with E-state index in [4.69, 9.17) is 5.73 Å². The molecule has 0 aliphatic carbocycles. The van der Waals surface area contributed by atoms with Crippen molar-refractivity contribution in [3.8, 4) is 5.75 Å². The summed E-state index contributed by atoms with van der Waals surface area (Å²) in [4.78, 5) is 0. The molecular formula is C10H13F2NO. The summed E-state index contributed by atoms with van der Waals surface area (Å²) in [5.74, 6) is -0.969. The Hall–Kier alpha value is -1.16. The van der Waals surface area contributed by atoms with Gasteiger partial charge in [0.05, 0.1) is 5.92 Å². The molecule has 0 heterocycles. The van der Waals surface area contributed by atoms with E-state index in [9.17, 15) is 13.9 Å². The lowest BCUT2D eigenvalue weighted by atomic mass is 9.98. The van der Waals surface area contributed by atoms with Gasteiger partial charge in [-0.3, -0.25) is 0 Å². The number of alkyl halides is 2. The number of rotatable bonds is 3. The van der Waals surface area contributed by atoms with E-state index in [-0.39, 0.29) is 12.3 Å². The largest absolute Gasteiger partial charge is 0.508 e. The normalized spacial score (nSPS) is 13.2. The van der Waals surface area contributed by atoms with Crippen molar-refractivity contribution in [3.05, 3.63) is 29.3 Å². The van der Waals surface area contributed by atoms with Crippen LogP contribution in [0.4, 0.5) is 8.78 Å². The van der Waals surface area contributed by atoms with Gasteiger partial charge in [-0.05, 0) is 24.1 Å². The van der Waals surface area contributed by atoms with E-state index in [2.05, 4.69) is 0 Å². The van der Waals surface area contributed by atoms with Crippen LogP contribution in [-0.2, 0) is 0 Å². The Kier molecular flexibility index (Phi) is 3.41. The van der Waals surface area contributed by atoms with Crippen LogP contribution >= 0.6 is 0 Å². The number of phenols is 1. The summed E-state index contributed by atoms with van der Waals surface area (Å²) in [6, 6.07) is 4.52. The van der Waals surface area contributed by atoms with Crippen molar-refractivity contribution in [3.63, 3.8) is 0 Å². The second-order valence-corrected chi connectivity index (χ2v) is 3.22. The molecular weight excluding hydrogens is 188 g/mol. The number of benzene rings is 1. The molecule has 1 rings (SSSR count). The minimum absolute atomic E-state index is 0.0293. The molecule has 4 heteroatoms. The van der Waals surface area contributed by atoms with Gasteiger partial charge in [-0.15, -0.1) is 0 Å². The van der Waals surface area contributed by atoms with Gasteiger partial charge < -0.3 is 10.8 Å². The Morgan fingerprint density at radius 2 is 2.07 bits per heavy atom. The zero-order chi connectivity index (χ0) is 10.7. The zero-order valence-corrected chi connectivity index (χ0v) is 7.87. The van der Waals surface area contributed by atoms with Gasteiger partial charge in [0.2, 0.25) is 6.43 Å². The van der Waals surface area contributed by atoms with Crippen LogP contribution in [0.15, 0.2) is 18.2 Å². The number of hydrogen-bond donors (Lipinski definition) is 2. The van der Waals surface area contributed by atoms with Crippen LogP contribution in [0.1, 0.15) is 17.0 Å². The quantitative estimate of drug-likeness (QED) is 0.785. The number of nitrogens with two attached hydrogens (primary N) is 1. The van der Waals surface area contributed by atoms with Crippen LogP contribution in [0, 0.1) is 6.92 Å². The fourth-order valence-electron chi connectivity index (χ4n) is 1.24. The first kappa shape index (κ1) is 10.9. The fraction of sp³-hybridized carbons (Fsp3) is 0.400. The first-order chi connectivity index (χ1) is 6.56. The molecule has 0 saturated heterocycles. The Bertz CT molecular complexity index is 315. The summed E-state index contributed by atoms with van der Waals surface area (Å²) in [6.45, 7) is 1.58. The molecule has 14 heavy (non-hydrogen) atoms. The highest BCUT2D eigenvalue weighted by atomic mass is 19.3. The predicted octanol–water partition coefficient (Wildman–Crippen LogP) is 2.01. The van der Waals surface area contributed by atoms with Crippen LogP contribution in [0.3, 0.4) is 0 Å². The molecule has 2 nitrogen and oxygen atoms in total. The Labute approximate surface area is 81.4 Å². The third-order valence-electron chi connectivity index (χ3n) is 2.22. The SMILES string of the molecule is Cc1ccc(C(CN)C(F)F)cc1O. The Morgan fingerprint density at radius 3 is 2.50 bits per heavy atom. The third-order valence-corrected chi connectivity index (χ3v) is 2.22. The lowest BCUT2D eigenvalue weighted by Gasteiger charge is -2.14. The number of hydrogen-bond acceptors (Lipinski definition) is 2. The van der Waals surface area contributed by atoms with Gasteiger partial charge in [0.25, 0.3) is 0 Å². The van der Waals surface area contributed by atoms with Crippen LogP contribution in [0.2, 0.25) is 0 Å². The van der Waals surface area contributed by atoms with Crippen molar-refractivity contribution in [2.45, 2.75) is 19.3 Å². The number of aryl methyl sites for hydroxylation is 1. The molecule has 78 valence electrons. The lowest BCUT2D eigenvalue weighted by molar-refractivity contribution is 0.117. The van der Waals surface area contributed by atoms with E-state index in [1.165, 1.54) is 6.07 Å². The van der Waals surface area contributed by atoms with Crippen molar-refractivity contribution in [1.82, 2.24) is 0 Å². The lowest BCUT2D eigenvalue weighted by Crippen LogP contribution is -2.19. The van der Waals surface area contributed by atoms with Crippen molar-refractivity contribution in [2.24, 2.45) is 5.73 Å². The minimum Gasteiger partial charge on any atom is -0.508 e. The molecule has 0 aliphatic rings. The van der Waals surface area contributed by atoms with Crippen LogP contribution in [0.5, 0.6) is 5.75 Å². The van der Waals surface area contributed by atoms with Gasteiger partial charge in [0, 0.05) is 6.54 Å². The van der Waals surface area contributed by atoms with Gasteiger partial charge in [-0.1, -0.05) is 12.1 Å². The molecule has 1 aromatic carbocycles. The fourth-order valence-corrected chi connectivity index (χ4v) is 1.24. The van der Waals surface area contributed by atoms with E-state index in [1.54, 1.807) is 19.1 Å². The van der Waals surface area contributed by atoms with Gasteiger partial charge >= 0.3 is 0 Å². The Morgan fingerprint density at radius 1 is 1.43 bits per heavy atom. The van der Waals surface area contributed by atoms with Crippen molar-refractivity contribution in [2.75, 3.05) is 6.54 Å². The van der Waals surface area contributed by atoms with E-state index in [0.29, 0.717) is 11.1 Å². The van der Waals surface area contributed by atoms with E-state index < -0.39 is 12.3 Å². The average Bonchev–Trinajstić information content (AvgIpc) is 2.11. The molecule has 0 aliphatic heterocycles. The topological polar surface area (TPSA) is 46.2 Å². The summed E-state index contributed by atoms with van der Waals surface area (Å²) in [6.07, 6.45) is -2.50. The maximum absolute atomic E-state index is 12.5. The molecule has 0 saturated carbocycles. The highest BCUT2D eigenvalue weighted by molar-refractivity contribution is 5.37. The highest BCUT2D eigenvalue weighted by Gasteiger charge is 2.21. The molecule has 0 radical (unpaired) electrons. The van der Waals surface area contributed by atoms with E-state index in [1.807, 2.05) is 0 Å². The third kappa shape index (κ3) is 2.20. The zero-order valence-electron chi connectivity index (χ0n) is 7.87. The molecule has 1 atom stereocenters. The van der Waals surface area contributed by atoms with Gasteiger partial charge in [0.1, 0.15) is 5.75 Å². The first-order valence-corrected chi connectivity index (χ1v) is 4.34. The molecule has 0 amide bonds. The van der Waals surface area contributed by atoms with Gasteiger partial charge in [0.15, 0.2) is 0 Å². The first-order valence-electron chi connectivity index (χ1n) is 4.34. The van der Waals surface area contributed by atoms with Crippen molar-refractivity contribution >= 4 is 0 Å². The summed E-state index contributed by atoms with van der Waals surface area (Å²) in [5.41, 5.74) is 6.28. The second kappa shape index (κ2) is 4.37. The van der Waals surface area contributed by atoms with Crippen LogP contribution in [-0.4, -0.2) is 18.1 Å². The molecule has 0 aromatic heterocycles. The molecule has 0 spiro atoms. The minimum atomic E-state index is -2.50. The van der Waals surface area contributed by atoms with Gasteiger partial charge in [-0.2, -0.15) is 0 Å². The summed E-state index contributed by atoms with van der Waals surface area (Å²) >= 11 is 0. The summed E-state index contributed by atoms with van der Waals surface area (Å²) in [7, 11) is 0. The highest BCUT2D eigenvalue weighted by Crippen LogP contribution is 2.26. The standard InChI is InChI=1S/C10H13F2NO/c1-6-2-3-7(4-9(6)14)8(5-13)10(11)12/h2-4,8,10,14H,5,13H2,1H3. The van der Waals surface area contributed by atoms with E-state index >= 15 is 0 Å².